The first-order valence-corrected chi connectivity index (χ1v) is 11.5. The van der Waals surface area contributed by atoms with Gasteiger partial charge in [0.1, 0.15) is 10.0 Å². The average molecular weight is 523 g/mol. The van der Waals surface area contributed by atoms with Crippen molar-refractivity contribution in [2.24, 2.45) is 11.5 Å². The molecule has 0 radical (unpaired) electrons. The number of nitrogens with one attached hydrogen (secondary N) is 2. The SMILES string of the molecule is CCc1c(C)sc(NC(=O)C(F)(F)C(F)(F)C(=O)Nc2sc(C)c(CC)c2C(N)=O)c1C(N)=O. The summed E-state index contributed by atoms with van der Waals surface area (Å²) in [7, 11) is 0. The molecule has 0 unspecified atom stereocenters. The van der Waals surface area contributed by atoms with Gasteiger partial charge in [0.05, 0.1) is 11.1 Å². The van der Waals surface area contributed by atoms with Crippen molar-refractivity contribution in [2.75, 3.05) is 10.6 Å². The van der Waals surface area contributed by atoms with Crippen LogP contribution in [0.4, 0.5) is 27.6 Å². The summed E-state index contributed by atoms with van der Waals surface area (Å²) < 4.78 is 58.2. The second-order valence-corrected chi connectivity index (χ2v) is 9.62. The Bertz CT molecular complexity index is 1080. The first-order chi connectivity index (χ1) is 15.6. The van der Waals surface area contributed by atoms with Gasteiger partial charge >= 0.3 is 23.7 Å². The quantitative estimate of drug-likeness (QED) is 0.373. The van der Waals surface area contributed by atoms with E-state index in [1.807, 2.05) is 0 Å². The number of nitrogens with two attached hydrogens (primary N) is 2. The summed E-state index contributed by atoms with van der Waals surface area (Å²) in [6.07, 6.45) is 0.543. The van der Waals surface area contributed by atoms with E-state index in [9.17, 15) is 36.7 Å². The number of carbonyl (C=O) groups excluding carboxylic acids is 4. The maximum Gasteiger partial charge on any atom is 0.396 e. The van der Waals surface area contributed by atoms with Crippen LogP contribution >= 0.6 is 22.7 Å². The number of amides is 4. The Balaban J connectivity index is 2.38. The van der Waals surface area contributed by atoms with Crippen LogP contribution in [-0.2, 0) is 22.4 Å². The van der Waals surface area contributed by atoms with E-state index in [-0.39, 0.29) is 24.0 Å². The molecule has 0 bridgehead atoms. The summed E-state index contributed by atoms with van der Waals surface area (Å²) in [4.78, 5) is 48.7. The Morgan fingerprint density at radius 2 is 1.03 bits per heavy atom. The van der Waals surface area contributed by atoms with E-state index in [0.717, 1.165) is 0 Å². The third-order valence-electron chi connectivity index (χ3n) is 5.04. The zero-order valence-electron chi connectivity index (χ0n) is 18.5. The smallest absolute Gasteiger partial charge is 0.365 e. The molecule has 2 aromatic rings. The highest BCUT2D eigenvalue weighted by Crippen LogP contribution is 2.40. The fraction of sp³-hybridized carbons (Fsp3) is 0.400. The van der Waals surface area contributed by atoms with Gasteiger partial charge in [0.15, 0.2) is 0 Å². The molecule has 0 aromatic carbocycles. The molecule has 2 heterocycles. The summed E-state index contributed by atoms with van der Waals surface area (Å²) >= 11 is 1.42. The van der Waals surface area contributed by atoms with Crippen LogP contribution in [-0.4, -0.2) is 35.5 Å². The highest BCUT2D eigenvalue weighted by Gasteiger charge is 2.67. The summed E-state index contributed by atoms with van der Waals surface area (Å²) in [5, 5.41) is 2.34. The van der Waals surface area contributed by atoms with Gasteiger partial charge in [0, 0.05) is 9.75 Å². The normalized spacial score (nSPS) is 11.9. The standard InChI is InChI=1S/C20H22F4N4O4S2/c1-5-9-7(3)33-15(11(9)13(25)29)27-17(31)19(21,22)20(23,24)18(32)28-16-12(14(26)30)10(6-2)8(4)34-16/h5-6H2,1-4H3,(H2,25,29)(H2,26,30)(H,27,31)(H,28,32). The molecule has 0 atom stereocenters. The van der Waals surface area contributed by atoms with Gasteiger partial charge in [-0.2, -0.15) is 17.6 Å². The van der Waals surface area contributed by atoms with Crippen molar-refractivity contribution in [3.8, 4) is 0 Å². The Hall–Kier alpha value is -3.00. The summed E-state index contributed by atoms with van der Waals surface area (Å²) in [6.45, 7) is 6.37. The first-order valence-electron chi connectivity index (χ1n) is 9.84. The lowest BCUT2D eigenvalue weighted by Gasteiger charge is -2.24. The number of hydrogen-bond acceptors (Lipinski definition) is 6. The second kappa shape index (κ2) is 9.70. The van der Waals surface area contributed by atoms with Crippen molar-refractivity contribution >= 4 is 56.3 Å². The number of anilines is 2. The molecule has 0 fully saturated rings. The van der Waals surface area contributed by atoms with Crippen LogP contribution in [0.1, 0.15) is 55.4 Å². The minimum absolute atomic E-state index is 0.269. The van der Waals surface area contributed by atoms with Crippen molar-refractivity contribution in [1.82, 2.24) is 0 Å². The van der Waals surface area contributed by atoms with Gasteiger partial charge in [-0.25, -0.2) is 0 Å². The highest BCUT2D eigenvalue weighted by atomic mass is 32.1. The maximum atomic E-state index is 14.5. The van der Waals surface area contributed by atoms with Gasteiger partial charge in [-0.05, 0) is 37.8 Å². The molecule has 2 aromatic heterocycles. The van der Waals surface area contributed by atoms with Crippen molar-refractivity contribution in [1.29, 1.82) is 0 Å². The van der Waals surface area contributed by atoms with Crippen molar-refractivity contribution in [3.05, 3.63) is 32.0 Å². The first kappa shape index (κ1) is 27.2. The zero-order valence-corrected chi connectivity index (χ0v) is 20.2. The zero-order chi connectivity index (χ0) is 26.2. The van der Waals surface area contributed by atoms with Crippen molar-refractivity contribution in [3.63, 3.8) is 0 Å². The molecule has 2 rings (SSSR count). The monoisotopic (exact) mass is 522 g/mol. The van der Waals surface area contributed by atoms with E-state index in [1.54, 1.807) is 24.5 Å². The number of primary amides is 2. The third-order valence-corrected chi connectivity index (χ3v) is 7.16. The number of alkyl halides is 4. The van der Waals surface area contributed by atoms with Gasteiger partial charge in [-0.3, -0.25) is 19.2 Å². The number of carbonyl (C=O) groups is 4. The van der Waals surface area contributed by atoms with Crippen LogP contribution in [0.15, 0.2) is 0 Å². The lowest BCUT2D eigenvalue weighted by molar-refractivity contribution is -0.204. The van der Waals surface area contributed by atoms with Gasteiger partial charge in [0.25, 0.3) is 11.8 Å². The summed E-state index contributed by atoms with van der Waals surface area (Å²) in [5.74, 6) is -18.1. The molecule has 0 spiro atoms. The lowest BCUT2D eigenvalue weighted by Crippen LogP contribution is -2.56. The van der Waals surface area contributed by atoms with Crippen LogP contribution in [0, 0.1) is 13.8 Å². The van der Waals surface area contributed by atoms with E-state index in [0.29, 0.717) is 43.6 Å². The molecular formula is C20H22F4N4O4S2. The van der Waals surface area contributed by atoms with Crippen LogP contribution in [0.2, 0.25) is 0 Å². The molecule has 0 aliphatic carbocycles. The predicted molar refractivity (Wildman–Crippen MR) is 121 cm³/mol. The molecule has 0 saturated heterocycles. The van der Waals surface area contributed by atoms with E-state index >= 15 is 0 Å². The molecule has 14 heteroatoms. The molecule has 6 N–H and O–H groups in total. The molecule has 0 aliphatic rings. The highest BCUT2D eigenvalue weighted by molar-refractivity contribution is 7.17. The summed E-state index contributed by atoms with van der Waals surface area (Å²) in [6, 6.07) is 0. The van der Waals surface area contributed by atoms with Gasteiger partial charge in [-0.1, -0.05) is 13.8 Å². The van der Waals surface area contributed by atoms with E-state index in [4.69, 9.17) is 11.5 Å². The number of rotatable bonds is 9. The predicted octanol–water partition coefficient (Wildman–Crippen LogP) is 3.60. The Morgan fingerprint density at radius 1 is 0.735 bits per heavy atom. The van der Waals surface area contributed by atoms with Crippen molar-refractivity contribution in [2.45, 2.75) is 52.4 Å². The fourth-order valence-corrected chi connectivity index (χ4v) is 5.65. The third kappa shape index (κ3) is 4.64. The van der Waals surface area contributed by atoms with Gasteiger partial charge in [-0.15, -0.1) is 22.7 Å². The summed E-state index contributed by atoms with van der Waals surface area (Å²) in [5.41, 5.74) is 10.7. The molecule has 4 amide bonds. The second-order valence-electron chi connectivity index (χ2n) is 7.17. The van der Waals surface area contributed by atoms with E-state index < -0.39 is 45.5 Å². The largest absolute Gasteiger partial charge is 0.396 e. The molecule has 0 saturated carbocycles. The van der Waals surface area contributed by atoms with E-state index in [2.05, 4.69) is 0 Å². The molecule has 186 valence electrons. The number of thiophene rings is 2. The fourth-order valence-electron chi connectivity index (χ4n) is 3.35. The molecule has 34 heavy (non-hydrogen) atoms. The number of aryl methyl sites for hydroxylation is 2. The molecular weight excluding hydrogens is 500 g/mol. The van der Waals surface area contributed by atoms with Crippen LogP contribution in [0.3, 0.4) is 0 Å². The lowest BCUT2D eigenvalue weighted by atomic mass is 10.1. The van der Waals surface area contributed by atoms with Crippen LogP contribution < -0.4 is 22.1 Å². The molecule has 8 nitrogen and oxygen atoms in total. The van der Waals surface area contributed by atoms with Crippen LogP contribution in [0.25, 0.3) is 0 Å². The number of hydrogen-bond donors (Lipinski definition) is 4. The topological polar surface area (TPSA) is 144 Å². The van der Waals surface area contributed by atoms with E-state index in [1.165, 1.54) is 13.8 Å². The minimum atomic E-state index is -5.52. The van der Waals surface area contributed by atoms with Crippen molar-refractivity contribution < 1.29 is 36.7 Å². The van der Waals surface area contributed by atoms with Gasteiger partial charge < -0.3 is 22.1 Å². The Kier molecular flexibility index (Phi) is 7.77. The molecule has 0 aliphatic heterocycles. The average Bonchev–Trinajstić information content (AvgIpc) is 3.22. The van der Waals surface area contributed by atoms with Crippen LogP contribution in [0.5, 0.6) is 0 Å². The maximum absolute atomic E-state index is 14.5. The number of halogens is 4. The van der Waals surface area contributed by atoms with Gasteiger partial charge in [0.2, 0.25) is 0 Å². The minimum Gasteiger partial charge on any atom is -0.365 e. The Morgan fingerprint density at radius 3 is 1.26 bits per heavy atom. The Labute approximate surface area is 199 Å².